The summed E-state index contributed by atoms with van der Waals surface area (Å²) in [5.74, 6) is -0.225. The van der Waals surface area contributed by atoms with Gasteiger partial charge in [-0.15, -0.1) is 12.4 Å². The maximum Gasteiger partial charge on any atom is 0.244 e. The molecule has 3 amide bonds. The van der Waals surface area contributed by atoms with Gasteiger partial charge in [0, 0.05) is 19.4 Å². The van der Waals surface area contributed by atoms with Crippen molar-refractivity contribution in [3.05, 3.63) is 24.3 Å². The molecule has 0 bridgehead atoms. The Labute approximate surface area is 159 Å². The van der Waals surface area contributed by atoms with Gasteiger partial charge in [0.05, 0.1) is 16.9 Å². The Morgan fingerprint density at radius 3 is 2.65 bits per heavy atom. The van der Waals surface area contributed by atoms with Crippen LogP contribution in [0.15, 0.2) is 24.3 Å². The van der Waals surface area contributed by atoms with Crippen molar-refractivity contribution in [2.45, 2.75) is 38.1 Å². The van der Waals surface area contributed by atoms with E-state index in [1.807, 2.05) is 13.0 Å². The second kappa shape index (κ2) is 8.05. The number of nitrogens with zero attached hydrogens (tertiary/aromatic N) is 1. The van der Waals surface area contributed by atoms with Crippen LogP contribution in [-0.4, -0.2) is 36.3 Å². The standard InChI is InChI=1S/C18H24N4O3.ClH/c1-18(11-19,12-6-7-12)21-15(23)8-9-17(25)22-10-16(24)20-13-4-2-3-5-14(13)22;/h2-5,12H,6-11,19H2,1H3,(H,20,24)(H,21,23);1H. The van der Waals surface area contributed by atoms with Crippen molar-refractivity contribution < 1.29 is 14.4 Å². The molecule has 1 aromatic rings. The van der Waals surface area contributed by atoms with Gasteiger partial charge in [0.15, 0.2) is 0 Å². The lowest BCUT2D eigenvalue weighted by Gasteiger charge is -2.30. The van der Waals surface area contributed by atoms with E-state index in [1.54, 1.807) is 18.2 Å². The Bertz CT molecular complexity index is 707. The van der Waals surface area contributed by atoms with E-state index < -0.39 is 5.54 Å². The summed E-state index contributed by atoms with van der Waals surface area (Å²) in [4.78, 5) is 38.0. The zero-order valence-electron chi connectivity index (χ0n) is 14.8. The molecule has 26 heavy (non-hydrogen) atoms. The number of para-hydroxylation sites is 2. The van der Waals surface area contributed by atoms with Crippen LogP contribution >= 0.6 is 12.4 Å². The van der Waals surface area contributed by atoms with Crippen molar-refractivity contribution in [1.29, 1.82) is 0 Å². The van der Waals surface area contributed by atoms with Gasteiger partial charge in [-0.3, -0.25) is 14.4 Å². The summed E-state index contributed by atoms with van der Waals surface area (Å²) < 4.78 is 0. The van der Waals surface area contributed by atoms with Crippen molar-refractivity contribution >= 4 is 41.5 Å². The van der Waals surface area contributed by atoms with Gasteiger partial charge >= 0.3 is 0 Å². The van der Waals surface area contributed by atoms with Gasteiger partial charge in [0.1, 0.15) is 6.54 Å². The van der Waals surface area contributed by atoms with Crippen LogP contribution < -0.4 is 21.3 Å². The molecule has 0 saturated heterocycles. The van der Waals surface area contributed by atoms with Gasteiger partial charge in [0.2, 0.25) is 17.7 Å². The first-order chi connectivity index (χ1) is 11.9. The summed E-state index contributed by atoms with van der Waals surface area (Å²) in [7, 11) is 0. The number of rotatable bonds is 6. The Morgan fingerprint density at radius 1 is 1.31 bits per heavy atom. The molecule has 0 aromatic heterocycles. The number of carbonyl (C=O) groups excluding carboxylic acids is 3. The molecule has 1 unspecified atom stereocenters. The molecule has 4 N–H and O–H groups in total. The highest BCUT2D eigenvalue weighted by Gasteiger charge is 2.41. The second-order valence-electron chi connectivity index (χ2n) is 6.99. The lowest BCUT2D eigenvalue weighted by atomic mass is 9.95. The van der Waals surface area contributed by atoms with E-state index in [1.165, 1.54) is 4.90 Å². The van der Waals surface area contributed by atoms with E-state index in [2.05, 4.69) is 10.6 Å². The SMILES string of the molecule is CC(CN)(NC(=O)CCC(=O)N1CC(=O)Nc2ccccc21)C1CC1.Cl. The van der Waals surface area contributed by atoms with Crippen molar-refractivity contribution in [3.63, 3.8) is 0 Å². The minimum Gasteiger partial charge on any atom is -0.349 e. The molecule has 1 aliphatic heterocycles. The first-order valence-corrected chi connectivity index (χ1v) is 8.63. The number of anilines is 2. The van der Waals surface area contributed by atoms with Crippen LogP contribution in [0.4, 0.5) is 11.4 Å². The second-order valence-corrected chi connectivity index (χ2v) is 6.99. The number of hydrogen-bond acceptors (Lipinski definition) is 4. The summed E-state index contributed by atoms with van der Waals surface area (Å²) in [6.45, 7) is 2.31. The van der Waals surface area contributed by atoms with Crippen LogP contribution in [-0.2, 0) is 14.4 Å². The third-order valence-electron chi connectivity index (χ3n) is 4.97. The number of fused-ring (bicyclic) bond motifs is 1. The summed E-state index contributed by atoms with van der Waals surface area (Å²) in [5, 5.41) is 5.72. The number of halogens is 1. The fourth-order valence-corrected chi connectivity index (χ4v) is 3.23. The average Bonchev–Trinajstić information content (AvgIpc) is 3.44. The molecule has 0 spiro atoms. The Hall–Kier alpha value is -2.12. The minimum atomic E-state index is -0.391. The van der Waals surface area contributed by atoms with E-state index in [9.17, 15) is 14.4 Å². The molecule has 1 aromatic carbocycles. The molecule has 1 heterocycles. The average molecular weight is 381 g/mol. The van der Waals surface area contributed by atoms with Gasteiger partial charge in [-0.05, 0) is 37.8 Å². The van der Waals surface area contributed by atoms with Crippen molar-refractivity contribution in [2.24, 2.45) is 11.7 Å². The zero-order valence-corrected chi connectivity index (χ0v) is 15.6. The highest BCUT2D eigenvalue weighted by molar-refractivity contribution is 6.10. The van der Waals surface area contributed by atoms with Crippen LogP contribution in [0.1, 0.15) is 32.6 Å². The molecule has 1 atom stereocenters. The van der Waals surface area contributed by atoms with Crippen molar-refractivity contribution in [2.75, 3.05) is 23.3 Å². The highest BCUT2D eigenvalue weighted by Crippen LogP contribution is 2.39. The van der Waals surface area contributed by atoms with Crippen LogP contribution in [0.25, 0.3) is 0 Å². The number of nitrogens with two attached hydrogens (primary N) is 1. The molecule has 1 fully saturated rings. The fourth-order valence-electron chi connectivity index (χ4n) is 3.23. The molecule has 2 aliphatic rings. The predicted molar refractivity (Wildman–Crippen MR) is 102 cm³/mol. The largest absolute Gasteiger partial charge is 0.349 e. The number of benzene rings is 1. The number of nitrogens with one attached hydrogen (secondary N) is 2. The number of carbonyl (C=O) groups is 3. The lowest BCUT2D eigenvalue weighted by molar-refractivity contribution is -0.126. The molecule has 142 valence electrons. The van der Waals surface area contributed by atoms with E-state index in [0.717, 1.165) is 12.8 Å². The van der Waals surface area contributed by atoms with E-state index in [0.29, 0.717) is 23.8 Å². The molecule has 8 heteroatoms. The zero-order chi connectivity index (χ0) is 18.0. The van der Waals surface area contributed by atoms with E-state index in [-0.39, 0.29) is 49.5 Å². The third-order valence-corrected chi connectivity index (χ3v) is 4.97. The molecule has 1 saturated carbocycles. The molecule has 7 nitrogen and oxygen atoms in total. The summed E-state index contributed by atoms with van der Waals surface area (Å²) in [5.41, 5.74) is 6.69. The first kappa shape index (κ1) is 20.2. The molecule has 3 rings (SSSR count). The number of amides is 3. The first-order valence-electron chi connectivity index (χ1n) is 8.63. The van der Waals surface area contributed by atoms with Crippen LogP contribution in [0.3, 0.4) is 0 Å². The van der Waals surface area contributed by atoms with Crippen molar-refractivity contribution in [1.82, 2.24) is 5.32 Å². The van der Waals surface area contributed by atoms with Gasteiger partial charge in [-0.2, -0.15) is 0 Å². The van der Waals surface area contributed by atoms with Crippen LogP contribution in [0.2, 0.25) is 0 Å². The van der Waals surface area contributed by atoms with Crippen LogP contribution in [0.5, 0.6) is 0 Å². The summed E-state index contributed by atoms with van der Waals surface area (Å²) in [6.07, 6.45) is 2.29. The fraction of sp³-hybridized carbons (Fsp3) is 0.500. The third kappa shape index (κ3) is 4.34. The normalized spacial score (nSPS) is 18.1. The summed E-state index contributed by atoms with van der Waals surface area (Å²) >= 11 is 0. The predicted octanol–water partition coefficient (Wildman–Crippen LogP) is 1.42. The topological polar surface area (TPSA) is 105 Å². The monoisotopic (exact) mass is 380 g/mol. The van der Waals surface area contributed by atoms with E-state index in [4.69, 9.17) is 5.73 Å². The molecule has 0 radical (unpaired) electrons. The minimum absolute atomic E-state index is 0. The Kier molecular flexibility index (Phi) is 6.26. The maximum absolute atomic E-state index is 12.5. The lowest BCUT2D eigenvalue weighted by Crippen LogP contribution is -2.53. The van der Waals surface area contributed by atoms with Gasteiger partial charge < -0.3 is 21.3 Å². The molecular weight excluding hydrogens is 356 g/mol. The maximum atomic E-state index is 12.5. The van der Waals surface area contributed by atoms with Crippen LogP contribution in [0, 0.1) is 5.92 Å². The van der Waals surface area contributed by atoms with E-state index >= 15 is 0 Å². The Balaban J connectivity index is 0.00000243. The van der Waals surface area contributed by atoms with Gasteiger partial charge in [-0.25, -0.2) is 0 Å². The molecular formula is C18H25ClN4O3. The quantitative estimate of drug-likeness (QED) is 0.694. The summed E-state index contributed by atoms with van der Waals surface area (Å²) in [6, 6.07) is 7.14. The Morgan fingerprint density at radius 2 is 2.00 bits per heavy atom. The van der Waals surface area contributed by atoms with Gasteiger partial charge in [0.25, 0.3) is 0 Å². The highest BCUT2D eigenvalue weighted by atomic mass is 35.5. The smallest absolute Gasteiger partial charge is 0.244 e. The molecule has 1 aliphatic carbocycles. The van der Waals surface area contributed by atoms with Crippen molar-refractivity contribution in [3.8, 4) is 0 Å². The number of hydrogen-bond donors (Lipinski definition) is 3. The van der Waals surface area contributed by atoms with Gasteiger partial charge in [-0.1, -0.05) is 12.1 Å².